The number of carbonyl (C=O) groups is 1. The first kappa shape index (κ1) is 12.5. The van der Waals surface area contributed by atoms with Gasteiger partial charge in [0.2, 0.25) is 0 Å². The van der Waals surface area contributed by atoms with E-state index in [4.69, 9.17) is 4.74 Å². The zero-order valence-electron chi connectivity index (χ0n) is 12.3. The molecule has 0 saturated carbocycles. The molecule has 20 heavy (non-hydrogen) atoms. The number of carbonyl (C=O) groups excluding carboxylic acids is 1. The minimum atomic E-state index is 0.00913. The van der Waals surface area contributed by atoms with Crippen molar-refractivity contribution in [1.29, 1.82) is 0 Å². The van der Waals surface area contributed by atoms with Gasteiger partial charge >= 0.3 is 5.97 Å². The molecular weight excluding hydrogens is 250 g/mol. The van der Waals surface area contributed by atoms with Gasteiger partial charge in [-0.15, -0.1) is 0 Å². The average Bonchev–Trinajstić information content (AvgIpc) is 2.89. The van der Waals surface area contributed by atoms with Crippen molar-refractivity contribution in [3.8, 4) is 0 Å². The molecule has 1 aromatic heterocycles. The first-order valence-electron chi connectivity index (χ1n) is 8.11. The van der Waals surface area contributed by atoms with Gasteiger partial charge in [-0.1, -0.05) is 20.3 Å². The van der Waals surface area contributed by atoms with Crippen molar-refractivity contribution < 1.29 is 9.53 Å². The molecule has 3 heteroatoms. The van der Waals surface area contributed by atoms with Crippen LogP contribution in [0.5, 0.6) is 0 Å². The minimum absolute atomic E-state index is 0.00913. The monoisotopic (exact) mass is 273 g/mol. The molecule has 5 atom stereocenters. The van der Waals surface area contributed by atoms with Gasteiger partial charge in [0, 0.05) is 36.2 Å². The Morgan fingerprint density at radius 3 is 3.05 bits per heavy atom. The Balaban J connectivity index is 1.88. The molecular formula is C17H23NO2. The van der Waals surface area contributed by atoms with Gasteiger partial charge in [-0.25, -0.2) is 0 Å². The Morgan fingerprint density at radius 2 is 2.25 bits per heavy atom. The van der Waals surface area contributed by atoms with Crippen LogP contribution in [0.3, 0.4) is 0 Å². The number of fused-ring (bicyclic) bond motifs is 2. The topological polar surface area (TPSA) is 31.2 Å². The van der Waals surface area contributed by atoms with Crippen molar-refractivity contribution >= 4 is 5.97 Å². The van der Waals surface area contributed by atoms with Gasteiger partial charge in [0.1, 0.15) is 6.10 Å². The molecule has 4 rings (SSSR count). The number of rotatable bonds is 1. The largest absolute Gasteiger partial charge is 0.461 e. The van der Waals surface area contributed by atoms with E-state index >= 15 is 0 Å². The Morgan fingerprint density at radius 1 is 1.40 bits per heavy atom. The van der Waals surface area contributed by atoms with Crippen molar-refractivity contribution in [2.45, 2.75) is 64.0 Å². The number of esters is 1. The maximum Gasteiger partial charge on any atom is 0.309 e. The van der Waals surface area contributed by atoms with E-state index in [1.54, 1.807) is 0 Å². The SMILES string of the molecule is CC[C@H]1[C@@H]2OC(=O)[C@@H](C)[C@@H]2c2ccn3c2[C@@H]1CCCC3. The molecule has 0 bridgehead atoms. The first-order chi connectivity index (χ1) is 9.72. The van der Waals surface area contributed by atoms with E-state index in [0.717, 1.165) is 13.0 Å². The lowest BCUT2D eigenvalue weighted by atomic mass is 9.67. The van der Waals surface area contributed by atoms with E-state index in [1.165, 1.54) is 30.5 Å². The molecule has 0 spiro atoms. The van der Waals surface area contributed by atoms with Gasteiger partial charge in [-0.05, 0) is 30.9 Å². The van der Waals surface area contributed by atoms with Crippen LogP contribution < -0.4 is 0 Å². The van der Waals surface area contributed by atoms with Gasteiger partial charge in [0.05, 0.1) is 5.92 Å². The van der Waals surface area contributed by atoms with Crippen LogP contribution in [0, 0.1) is 11.8 Å². The lowest BCUT2D eigenvalue weighted by Crippen LogP contribution is -2.36. The molecule has 1 fully saturated rings. The Bertz CT molecular complexity index is 547. The third-order valence-electron chi connectivity index (χ3n) is 5.84. The van der Waals surface area contributed by atoms with E-state index in [1.807, 2.05) is 6.92 Å². The van der Waals surface area contributed by atoms with Crippen LogP contribution >= 0.6 is 0 Å². The first-order valence-corrected chi connectivity index (χ1v) is 8.11. The van der Waals surface area contributed by atoms with Crippen LogP contribution in [-0.2, 0) is 16.1 Å². The number of hydrogen-bond acceptors (Lipinski definition) is 2. The number of ether oxygens (including phenoxy) is 1. The van der Waals surface area contributed by atoms with E-state index in [2.05, 4.69) is 23.8 Å². The third-order valence-corrected chi connectivity index (χ3v) is 5.84. The molecule has 3 heterocycles. The second kappa shape index (κ2) is 4.37. The fourth-order valence-corrected chi connectivity index (χ4v) is 4.90. The van der Waals surface area contributed by atoms with Crippen molar-refractivity contribution in [3.63, 3.8) is 0 Å². The van der Waals surface area contributed by atoms with Gasteiger partial charge in [0.15, 0.2) is 0 Å². The second-order valence-corrected chi connectivity index (χ2v) is 6.74. The predicted molar refractivity (Wildman–Crippen MR) is 76.6 cm³/mol. The summed E-state index contributed by atoms with van der Waals surface area (Å²) in [5, 5.41) is 0. The molecule has 2 aliphatic heterocycles. The van der Waals surface area contributed by atoms with Crippen LogP contribution in [0.25, 0.3) is 0 Å². The Hall–Kier alpha value is -1.25. The normalized spacial score (nSPS) is 38.9. The van der Waals surface area contributed by atoms with E-state index < -0.39 is 0 Å². The van der Waals surface area contributed by atoms with Crippen LogP contribution in [0.2, 0.25) is 0 Å². The summed E-state index contributed by atoms with van der Waals surface area (Å²) in [6, 6.07) is 2.26. The Labute approximate surface area is 120 Å². The Kier molecular flexibility index (Phi) is 2.73. The lowest BCUT2D eigenvalue weighted by Gasteiger charge is -2.39. The third kappa shape index (κ3) is 1.49. The molecule has 1 aromatic rings. The molecule has 1 saturated heterocycles. The molecule has 3 aliphatic rings. The molecule has 0 amide bonds. The van der Waals surface area contributed by atoms with Gasteiger partial charge in [-0.3, -0.25) is 4.79 Å². The number of hydrogen-bond donors (Lipinski definition) is 0. The standard InChI is InChI=1S/C17H23NO2/c1-3-11-12-6-4-5-8-18-9-7-13(15(12)18)14-10(2)17(19)20-16(11)14/h7,9-12,14,16H,3-6,8H2,1-2H3/t10-,11+,12+,14+,16-/m0/s1. The number of aryl methyl sites for hydroxylation is 1. The minimum Gasteiger partial charge on any atom is -0.461 e. The molecule has 0 radical (unpaired) electrons. The highest BCUT2D eigenvalue weighted by molar-refractivity contribution is 5.77. The van der Waals surface area contributed by atoms with Crippen molar-refractivity contribution in [2.24, 2.45) is 11.8 Å². The predicted octanol–water partition coefficient (Wildman–Crippen LogP) is 3.44. The lowest BCUT2D eigenvalue weighted by molar-refractivity contribution is -0.146. The van der Waals surface area contributed by atoms with Crippen LogP contribution in [0.4, 0.5) is 0 Å². The van der Waals surface area contributed by atoms with Crippen LogP contribution in [0.15, 0.2) is 12.3 Å². The molecule has 0 unspecified atom stereocenters. The quantitative estimate of drug-likeness (QED) is 0.734. The summed E-state index contributed by atoms with van der Waals surface area (Å²) < 4.78 is 8.26. The smallest absolute Gasteiger partial charge is 0.309 e. The highest BCUT2D eigenvalue weighted by atomic mass is 16.6. The van der Waals surface area contributed by atoms with Gasteiger partial charge in [-0.2, -0.15) is 0 Å². The summed E-state index contributed by atoms with van der Waals surface area (Å²) in [5.41, 5.74) is 2.94. The highest BCUT2D eigenvalue weighted by Crippen LogP contribution is 2.54. The summed E-state index contributed by atoms with van der Waals surface area (Å²) >= 11 is 0. The average molecular weight is 273 g/mol. The van der Waals surface area contributed by atoms with E-state index in [-0.39, 0.29) is 23.9 Å². The maximum atomic E-state index is 12.1. The van der Waals surface area contributed by atoms with Crippen molar-refractivity contribution in [3.05, 3.63) is 23.5 Å². The summed E-state index contributed by atoms with van der Waals surface area (Å²) in [6.45, 7) is 5.44. The van der Waals surface area contributed by atoms with E-state index in [9.17, 15) is 4.79 Å². The summed E-state index contributed by atoms with van der Waals surface area (Å²) in [6.07, 6.45) is 7.30. The highest BCUT2D eigenvalue weighted by Gasteiger charge is 2.53. The zero-order chi connectivity index (χ0) is 13.9. The van der Waals surface area contributed by atoms with Crippen LogP contribution in [-0.4, -0.2) is 16.6 Å². The summed E-state index contributed by atoms with van der Waals surface area (Å²) in [7, 11) is 0. The molecule has 1 aliphatic carbocycles. The maximum absolute atomic E-state index is 12.1. The van der Waals surface area contributed by atoms with Crippen LogP contribution in [0.1, 0.15) is 62.6 Å². The molecule has 3 nitrogen and oxygen atoms in total. The second-order valence-electron chi connectivity index (χ2n) is 6.74. The zero-order valence-corrected chi connectivity index (χ0v) is 12.3. The molecule has 0 N–H and O–H groups in total. The van der Waals surface area contributed by atoms with Crippen molar-refractivity contribution in [2.75, 3.05) is 0 Å². The summed E-state index contributed by atoms with van der Waals surface area (Å²) in [4.78, 5) is 12.1. The molecule has 108 valence electrons. The number of aromatic nitrogens is 1. The molecule has 0 aromatic carbocycles. The van der Waals surface area contributed by atoms with Gasteiger partial charge < -0.3 is 9.30 Å². The fourth-order valence-electron chi connectivity index (χ4n) is 4.90. The number of nitrogens with zero attached hydrogens (tertiary/aromatic N) is 1. The van der Waals surface area contributed by atoms with Crippen molar-refractivity contribution in [1.82, 2.24) is 4.57 Å². The van der Waals surface area contributed by atoms with Gasteiger partial charge in [0.25, 0.3) is 0 Å². The summed E-state index contributed by atoms with van der Waals surface area (Å²) in [5.74, 6) is 1.42. The fraction of sp³-hybridized carbons (Fsp3) is 0.706. The van der Waals surface area contributed by atoms with E-state index in [0.29, 0.717) is 11.8 Å².